The highest BCUT2D eigenvalue weighted by molar-refractivity contribution is 6.07. The summed E-state index contributed by atoms with van der Waals surface area (Å²) in [6.07, 6.45) is 0.628. The first kappa shape index (κ1) is 16.7. The van der Waals surface area contributed by atoms with Gasteiger partial charge in [0, 0.05) is 17.6 Å². The standard InChI is InChI=1S/C18H19N5O2/c1-10(24)12-6-14(17(20)25)16-15(7-12)18(23-9-22-16)21-8-11-3-2-4-13(19)5-11/h2-7,9-10,24H,8,19H2,1H3,(H2,20,25)(H,21,22,23). The van der Waals surface area contributed by atoms with E-state index in [2.05, 4.69) is 15.3 Å². The number of rotatable bonds is 5. The first-order valence-corrected chi connectivity index (χ1v) is 7.80. The van der Waals surface area contributed by atoms with Crippen molar-refractivity contribution in [1.29, 1.82) is 0 Å². The van der Waals surface area contributed by atoms with Crippen LogP contribution in [-0.4, -0.2) is 21.0 Å². The Balaban J connectivity index is 2.04. The van der Waals surface area contributed by atoms with Crippen molar-refractivity contribution in [3.8, 4) is 0 Å². The molecule has 7 heteroatoms. The number of hydrogen-bond donors (Lipinski definition) is 4. The van der Waals surface area contributed by atoms with Crippen molar-refractivity contribution in [2.75, 3.05) is 11.1 Å². The van der Waals surface area contributed by atoms with E-state index in [4.69, 9.17) is 11.5 Å². The van der Waals surface area contributed by atoms with Crippen molar-refractivity contribution in [2.24, 2.45) is 5.73 Å². The van der Waals surface area contributed by atoms with Gasteiger partial charge in [0.15, 0.2) is 0 Å². The number of primary amides is 1. The average molecular weight is 337 g/mol. The van der Waals surface area contributed by atoms with E-state index < -0.39 is 12.0 Å². The second-order valence-electron chi connectivity index (χ2n) is 5.83. The highest BCUT2D eigenvalue weighted by atomic mass is 16.3. The zero-order valence-electron chi connectivity index (χ0n) is 13.7. The Hall–Kier alpha value is -3.19. The molecule has 0 saturated heterocycles. The third kappa shape index (κ3) is 3.51. The zero-order valence-corrected chi connectivity index (χ0v) is 13.7. The lowest BCUT2D eigenvalue weighted by Gasteiger charge is -2.13. The number of aliphatic hydroxyl groups excluding tert-OH is 1. The van der Waals surface area contributed by atoms with Crippen molar-refractivity contribution in [2.45, 2.75) is 19.6 Å². The number of benzene rings is 2. The molecule has 1 heterocycles. The van der Waals surface area contributed by atoms with Gasteiger partial charge >= 0.3 is 0 Å². The lowest BCUT2D eigenvalue weighted by atomic mass is 10.0. The molecule has 0 spiro atoms. The quantitative estimate of drug-likeness (QED) is 0.527. The number of nitrogens with two attached hydrogens (primary N) is 2. The third-order valence-corrected chi connectivity index (χ3v) is 3.92. The molecule has 128 valence electrons. The summed E-state index contributed by atoms with van der Waals surface area (Å²) >= 11 is 0. The molecule has 0 radical (unpaired) electrons. The van der Waals surface area contributed by atoms with Gasteiger partial charge in [-0.05, 0) is 42.3 Å². The number of carbonyl (C=O) groups is 1. The fourth-order valence-corrected chi connectivity index (χ4v) is 2.65. The molecular formula is C18H19N5O2. The number of anilines is 2. The van der Waals surface area contributed by atoms with E-state index >= 15 is 0 Å². The predicted molar refractivity (Wildman–Crippen MR) is 96.9 cm³/mol. The maximum atomic E-state index is 11.8. The van der Waals surface area contributed by atoms with Gasteiger partial charge in [-0.15, -0.1) is 0 Å². The van der Waals surface area contributed by atoms with E-state index in [0.29, 0.717) is 34.5 Å². The Morgan fingerprint density at radius 2 is 2.08 bits per heavy atom. The summed E-state index contributed by atoms with van der Waals surface area (Å²) in [5, 5.41) is 13.7. The van der Waals surface area contributed by atoms with Crippen LogP contribution < -0.4 is 16.8 Å². The molecule has 0 fully saturated rings. The molecule has 25 heavy (non-hydrogen) atoms. The highest BCUT2D eigenvalue weighted by Crippen LogP contribution is 2.27. The number of aliphatic hydroxyl groups is 1. The van der Waals surface area contributed by atoms with Gasteiger partial charge in [-0.1, -0.05) is 12.1 Å². The Labute approximate surface area is 144 Å². The molecule has 0 aliphatic carbocycles. The number of nitrogen functional groups attached to an aromatic ring is 1. The monoisotopic (exact) mass is 337 g/mol. The van der Waals surface area contributed by atoms with Gasteiger partial charge in [0.25, 0.3) is 5.91 Å². The van der Waals surface area contributed by atoms with Gasteiger partial charge in [-0.25, -0.2) is 9.97 Å². The normalized spacial score (nSPS) is 12.1. The van der Waals surface area contributed by atoms with E-state index in [9.17, 15) is 9.90 Å². The minimum Gasteiger partial charge on any atom is -0.399 e. The van der Waals surface area contributed by atoms with Crippen molar-refractivity contribution in [3.63, 3.8) is 0 Å². The average Bonchev–Trinajstić information content (AvgIpc) is 2.58. The number of nitrogens with one attached hydrogen (secondary N) is 1. The SMILES string of the molecule is CC(O)c1cc(C(N)=O)c2ncnc(NCc3cccc(N)c3)c2c1. The van der Waals surface area contributed by atoms with Crippen molar-refractivity contribution in [1.82, 2.24) is 9.97 Å². The zero-order chi connectivity index (χ0) is 18.0. The van der Waals surface area contributed by atoms with Crippen molar-refractivity contribution >= 4 is 28.3 Å². The Morgan fingerprint density at radius 1 is 1.28 bits per heavy atom. The van der Waals surface area contributed by atoms with E-state index in [-0.39, 0.29) is 5.56 Å². The maximum Gasteiger partial charge on any atom is 0.250 e. The van der Waals surface area contributed by atoms with E-state index in [1.54, 1.807) is 19.1 Å². The number of nitrogens with zero attached hydrogens (tertiary/aromatic N) is 2. The molecule has 2 aromatic carbocycles. The van der Waals surface area contributed by atoms with Crippen LogP contribution in [0.25, 0.3) is 10.9 Å². The number of hydrogen-bond acceptors (Lipinski definition) is 6. The molecule has 7 nitrogen and oxygen atoms in total. The number of carbonyl (C=O) groups excluding carboxylic acids is 1. The minimum absolute atomic E-state index is 0.253. The topological polar surface area (TPSA) is 127 Å². The smallest absolute Gasteiger partial charge is 0.250 e. The van der Waals surface area contributed by atoms with Crippen LogP contribution in [0.15, 0.2) is 42.7 Å². The lowest BCUT2D eigenvalue weighted by molar-refractivity contribution is 0.100. The van der Waals surface area contributed by atoms with Gasteiger partial charge < -0.3 is 21.9 Å². The van der Waals surface area contributed by atoms with Crippen LogP contribution in [-0.2, 0) is 6.54 Å². The number of amides is 1. The molecule has 0 bridgehead atoms. The summed E-state index contributed by atoms with van der Waals surface area (Å²) in [5.74, 6) is -0.0505. The Bertz CT molecular complexity index is 940. The fourth-order valence-electron chi connectivity index (χ4n) is 2.65. The van der Waals surface area contributed by atoms with Gasteiger partial charge in [-0.3, -0.25) is 4.79 Å². The van der Waals surface area contributed by atoms with Crippen molar-refractivity contribution in [3.05, 3.63) is 59.4 Å². The van der Waals surface area contributed by atoms with Gasteiger partial charge in [0.1, 0.15) is 12.1 Å². The van der Waals surface area contributed by atoms with Crippen LogP contribution >= 0.6 is 0 Å². The highest BCUT2D eigenvalue weighted by Gasteiger charge is 2.15. The Morgan fingerprint density at radius 3 is 2.76 bits per heavy atom. The summed E-state index contributed by atoms with van der Waals surface area (Å²) < 4.78 is 0. The van der Waals surface area contributed by atoms with Crippen LogP contribution in [0.4, 0.5) is 11.5 Å². The van der Waals surface area contributed by atoms with Gasteiger partial charge in [0.05, 0.1) is 17.2 Å². The molecule has 0 aliphatic heterocycles. The van der Waals surface area contributed by atoms with E-state index in [0.717, 1.165) is 5.56 Å². The molecule has 3 rings (SSSR count). The molecule has 6 N–H and O–H groups in total. The molecule has 0 aliphatic rings. The largest absolute Gasteiger partial charge is 0.399 e. The van der Waals surface area contributed by atoms with Crippen LogP contribution in [0, 0.1) is 0 Å². The maximum absolute atomic E-state index is 11.8. The summed E-state index contributed by atoms with van der Waals surface area (Å²) in [5.41, 5.74) is 14.2. The summed E-state index contributed by atoms with van der Waals surface area (Å²) in [4.78, 5) is 20.2. The molecule has 3 aromatic rings. The second kappa shape index (κ2) is 6.74. The first-order valence-electron chi connectivity index (χ1n) is 7.80. The molecular weight excluding hydrogens is 318 g/mol. The van der Waals surface area contributed by atoms with E-state index in [1.165, 1.54) is 6.33 Å². The molecule has 1 atom stereocenters. The second-order valence-corrected chi connectivity index (χ2v) is 5.83. The van der Waals surface area contributed by atoms with Crippen molar-refractivity contribution < 1.29 is 9.90 Å². The van der Waals surface area contributed by atoms with Gasteiger partial charge in [0.2, 0.25) is 0 Å². The van der Waals surface area contributed by atoms with Crippen LogP contribution in [0.1, 0.15) is 34.5 Å². The first-order chi connectivity index (χ1) is 12.0. The van der Waals surface area contributed by atoms with Crippen LogP contribution in [0.3, 0.4) is 0 Å². The lowest BCUT2D eigenvalue weighted by Crippen LogP contribution is -2.14. The van der Waals surface area contributed by atoms with Gasteiger partial charge in [-0.2, -0.15) is 0 Å². The van der Waals surface area contributed by atoms with Crippen LogP contribution in [0.5, 0.6) is 0 Å². The number of aromatic nitrogens is 2. The van der Waals surface area contributed by atoms with E-state index in [1.807, 2.05) is 24.3 Å². The molecule has 1 amide bonds. The summed E-state index contributed by atoms with van der Waals surface area (Å²) in [6, 6.07) is 10.8. The fraction of sp³-hybridized carbons (Fsp3) is 0.167. The predicted octanol–water partition coefficient (Wildman–Crippen LogP) is 1.98. The number of fused-ring (bicyclic) bond motifs is 1. The summed E-state index contributed by atoms with van der Waals surface area (Å²) in [6.45, 7) is 2.12. The molecule has 0 saturated carbocycles. The molecule has 1 aromatic heterocycles. The third-order valence-electron chi connectivity index (χ3n) is 3.92. The molecule has 1 unspecified atom stereocenters. The Kier molecular flexibility index (Phi) is 4.49. The summed E-state index contributed by atoms with van der Waals surface area (Å²) in [7, 11) is 0. The van der Waals surface area contributed by atoms with Crippen LogP contribution in [0.2, 0.25) is 0 Å². The minimum atomic E-state index is -0.746.